The minimum absolute atomic E-state index is 0.0417. The van der Waals surface area contributed by atoms with E-state index < -0.39 is 10.0 Å². The van der Waals surface area contributed by atoms with E-state index in [1.54, 1.807) is 15.5 Å². The van der Waals surface area contributed by atoms with Gasteiger partial charge in [-0.1, -0.05) is 19.1 Å². The van der Waals surface area contributed by atoms with Crippen LogP contribution in [0.25, 0.3) is 11.7 Å². The number of nitrogen functional groups attached to an aromatic ring is 1. The van der Waals surface area contributed by atoms with Crippen molar-refractivity contribution in [2.24, 2.45) is 0 Å². The molecule has 4 heterocycles. The largest absolute Gasteiger partial charge is 0.424 e. The molecule has 32 heavy (non-hydrogen) atoms. The van der Waals surface area contributed by atoms with Crippen LogP contribution in [0.15, 0.2) is 35.0 Å². The molecule has 0 aromatic carbocycles. The number of nitrogens with two attached hydrogens (primary N) is 1. The topological polar surface area (TPSA) is 127 Å². The second-order valence-electron chi connectivity index (χ2n) is 8.26. The molecule has 0 spiro atoms. The predicted molar refractivity (Wildman–Crippen MR) is 119 cm³/mol. The van der Waals surface area contributed by atoms with Gasteiger partial charge in [0.2, 0.25) is 10.0 Å². The fourth-order valence-electron chi connectivity index (χ4n) is 4.47. The number of imidazole rings is 1. The molecular weight excluding hydrogens is 432 g/mol. The van der Waals surface area contributed by atoms with E-state index in [4.69, 9.17) is 10.2 Å². The van der Waals surface area contributed by atoms with Crippen LogP contribution in [-0.2, 0) is 10.0 Å². The average molecular weight is 457 g/mol. The highest BCUT2D eigenvalue weighted by Gasteiger charge is 2.30. The van der Waals surface area contributed by atoms with Crippen LogP contribution in [0.3, 0.4) is 0 Å². The number of hydrogen-bond donors (Lipinski definition) is 1. The maximum atomic E-state index is 13.2. The van der Waals surface area contributed by atoms with Crippen molar-refractivity contribution in [3.63, 3.8) is 0 Å². The van der Waals surface area contributed by atoms with Crippen molar-refractivity contribution in [2.75, 3.05) is 38.2 Å². The van der Waals surface area contributed by atoms with Crippen molar-refractivity contribution < 1.29 is 17.6 Å². The number of carbonyl (C=O) groups excluding carboxylic acids is 1. The van der Waals surface area contributed by atoms with Crippen molar-refractivity contribution >= 4 is 33.7 Å². The van der Waals surface area contributed by atoms with E-state index in [1.807, 2.05) is 24.4 Å². The number of fused-ring (bicyclic) bond motifs is 2. The third kappa shape index (κ3) is 3.47. The molecule has 2 aliphatic rings. The first-order chi connectivity index (χ1) is 15.2. The molecule has 3 aromatic heterocycles. The fourth-order valence-corrected chi connectivity index (χ4v) is 5.30. The molecule has 0 radical (unpaired) electrons. The number of hydrogen-bond acceptors (Lipinski definition) is 7. The molecule has 2 N–H and O–H groups in total. The van der Waals surface area contributed by atoms with Gasteiger partial charge in [-0.25, -0.2) is 13.4 Å². The highest BCUT2D eigenvalue weighted by Crippen LogP contribution is 2.40. The number of nitrogens with zero attached hydrogens (tertiary/aromatic N) is 5. The molecule has 2 atom stereocenters. The summed E-state index contributed by atoms with van der Waals surface area (Å²) in [5, 5.41) is 0. The zero-order chi connectivity index (χ0) is 22.6. The van der Waals surface area contributed by atoms with Crippen molar-refractivity contribution in [3.8, 4) is 0 Å². The summed E-state index contributed by atoms with van der Waals surface area (Å²) in [4.78, 5) is 23.6. The molecule has 5 rings (SSSR count). The summed E-state index contributed by atoms with van der Waals surface area (Å²) in [7, 11) is -3.25. The molecular formula is C21H24N6O4S. The van der Waals surface area contributed by atoms with Crippen molar-refractivity contribution in [1.29, 1.82) is 0 Å². The summed E-state index contributed by atoms with van der Waals surface area (Å²) in [5.74, 6) is 0.612. The van der Waals surface area contributed by atoms with Crippen LogP contribution in [0, 0.1) is 0 Å². The zero-order valence-electron chi connectivity index (χ0n) is 17.8. The second-order valence-corrected chi connectivity index (χ2v) is 10.2. The van der Waals surface area contributed by atoms with Gasteiger partial charge < -0.3 is 15.1 Å². The zero-order valence-corrected chi connectivity index (χ0v) is 18.6. The molecule has 1 aliphatic heterocycles. The monoisotopic (exact) mass is 456 g/mol. The Kier molecular flexibility index (Phi) is 4.82. The highest BCUT2D eigenvalue weighted by atomic mass is 32.2. The standard InChI is InChI=1S/C21H24N6O4S/c1-13-15(4-5-17-19(13)24-21(22)31-17)14-3-6-18-23-11-16(27(18)12-14)20(28)25-7-9-26(10-8-25)32(2,29)30/h3-6,11-13,15H,7-10H2,1-2H3,(H2,22,24). The van der Waals surface area contributed by atoms with Crippen LogP contribution >= 0.6 is 0 Å². The smallest absolute Gasteiger partial charge is 0.292 e. The van der Waals surface area contributed by atoms with E-state index in [0.29, 0.717) is 43.3 Å². The molecule has 1 amide bonds. The lowest BCUT2D eigenvalue weighted by Gasteiger charge is -2.33. The molecule has 2 unspecified atom stereocenters. The lowest BCUT2D eigenvalue weighted by atomic mass is 9.82. The van der Waals surface area contributed by atoms with Crippen molar-refractivity contribution in [2.45, 2.75) is 18.8 Å². The number of rotatable bonds is 3. The summed E-state index contributed by atoms with van der Waals surface area (Å²) in [6.07, 6.45) is 8.63. The third-order valence-electron chi connectivity index (χ3n) is 6.25. The van der Waals surface area contributed by atoms with Gasteiger partial charge >= 0.3 is 0 Å². The van der Waals surface area contributed by atoms with Crippen molar-refractivity contribution in [1.82, 2.24) is 23.6 Å². The average Bonchev–Trinajstić information content (AvgIpc) is 3.36. The van der Waals surface area contributed by atoms with E-state index in [2.05, 4.69) is 23.0 Å². The number of oxazole rings is 1. The quantitative estimate of drug-likeness (QED) is 0.633. The van der Waals surface area contributed by atoms with Gasteiger partial charge in [0.1, 0.15) is 11.3 Å². The summed E-state index contributed by atoms with van der Waals surface area (Å²) in [6.45, 7) is 3.34. The number of anilines is 1. The number of sulfonamides is 1. The van der Waals surface area contributed by atoms with Gasteiger partial charge in [0.05, 0.1) is 18.1 Å². The number of carbonyl (C=O) groups is 1. The normalized spacial score (nSPS) is 21.8. The summed E-state index contributed by atoms with van der Waals surface area (Å²) in [5.41, 5.74) is 8.68. The SMILES string of the molecule is CC1c2nc(N)oc2C=CC1c1ccc2ncc(C(=O)N3CCN(S(C)(=O)=O)CC3)n2c1. The Hall–Kier alpha value is -3.18. The first-order valence-corrected chi connectivity index (χ1v) is 12.2. The lowest BCUT2D eigenvalue weighted by Crippen LogP contribution is -2.50. The van der Waals surface area contributed by atoms with Gasteiger partial charge in [-0.2, -0.15) is 9.29 Å². The van der Waals surface area contributed by atoms with Gasteiger partial charge in [0.15, 0.2) is 5.76 Å². The lowest BCUT2D eigenvalue weighted by molar-refractivity contribution is 0.0691. The van der Waals surface area contributed by atoms with Gasteiger partial charge in [0, 0.05) is 44.2 Å². The Morgan fingerprint density at radius 1 is 1.22 bits per heavy atom. The summed E-state index contributed by atoms with van der Waals surface area (Å²) < 4.78 is 32.1. The van der Waals surface area contributed by atoms with Gasteiger partial charge in [0.25, 0.3) is 11.9 Å². The van der Waals surface area contributed by atoms with E-state index in [1.165, 1.54) is 10.6 Å². The van der Waals surface area contributed by atoms with Crippen LogP contribution in [0.2, 0.25) is 0 Å². The molecule has 0 bridgehead atoms. The van der Waals surface area contributed by atoms with E-state index in [-0.39, 0.29) is 23.8 Å². The Morgan fingerprint density at radius 2 is 1.97 bits per heavy atom. The number of allylic oxidation sites excluding steroid dienone is 1. The maximum absolute atomic E-state index is 13.2. The van der Waals surface area contributed by atoms with Gasteiger partial charge in [-0.05, 0) is 17.7 Å². The minimum Gasteiger partial charge on any atom is -0.424 e. The third-order valence-corrected chi connectivity index (χ3v) is 7.55. The molecule has 0 saturated carbocycles. The maximum Gasteiger partial charge on any atom is 0.292 e. The minimum atomic E-state index is -3.25. The van der Waals surface area contributed by atoms with Crippen LogP contribution in [0.5, 0.6) is 0 Å². The van der Waals surface area contributed by atoms with Crippen LogP contribution < -0.4 is 5.73 Å². The number of pyridine rings is 1. The Balaban J connectivity index is 1.42. The van der Waals surface area contributed by atoms with E-state index in [9.17, 15) is 13.2 Å². The highest BCUT2D eigenvalue weighted by molar-refractivity contribution is 7.88. The van der Waals surface area contributed by atoms with Crippen LogP contribution in [-0.4, -0.2) is 70.3 Å². The predicted octanol–water partition coefficient (Wildman–Crippen LogP) is 1.54. The molecule has 3 aromatic rings. The molecule has 1 fully saturated rings. The first-order valence-electron chi connectivity index (χ1n) is 10.4. The number of amides is 1. The second kappa shape index (κ2) is 7.45. The molecule has 10 nitrogen and oxygen atoms in total. The number of aromatic nitrogens is 3. The van der Waals surface area contributed by atoms with Crippen molar-refractivity contribution in [3.05, 3.63) is 53.3 Å². The Morgan fingerprint density at radius 3 is 2.69 bits per heavy atom. The summed E-state index contributed by atoms with van der Waals surface area (Å²) in [6, 6.07) is 4.04. The van der Waals surface area contributed by atoms with Gasteiger partial charge in [-0.15, -0.1) is 0 Å². The van der Waals surface area contributed by atoms with E-state index >= 15 is 0 Å². The molecule has 168 valence electrons. The Labute approximate surface area is 185 Å². The van der Waals surface area contributed by atoms with E-state index in [0.717, 1.165) is 11.3 Å². The molecule has 11 heteroatoms. The molecule has 1 saturated heterocycles. The Bertz CT molecular complexity index is 1330. The fraction of sp³-hybridized carbons (Fsp3) is 0.381. The summed E-state index contributed by atoms with van der Waals surface area (Å²) >= 11 is 0. The van der Waals surface area contributed by atoms with Gasteiger partial charge in [-0.3, -0.25) is 9.20 Å². The van der Waals surface area contributed by atoms with Crippen LogP contribution in [0.4, 0.5) is 6.01 Å². The number of piperazine rings is 1. The van der Waals surface area contributed by atoms with Crippen LogP contribution in [0.1, 0.15) is 46.3 Å². The first kappa shape index (κ1) is 20.7. The molecule has 1 aliphatic carbocycles.